The molecule has 0 saturated carbocycles. The smallest absolute Gasteiger partial charge is 0.435 e. The molecule has 44 heteroatoms. The predicted octanol–water partition coefficient (Wildman–Crippen LogP) is 15.4. The van der Waals surface area contributed by atoms with Crippen molar-refractivity contribution in [3.63, 3.8) is 0 Å². The lowest BCUT2D eigenvalue weighted by Crippen LogP contribution is -2.35. The molecule has 0 unspecified atom stereocenters. The molecule has 3 aliphatic rings. The van der Waals surface area contributed by atoms with Gasteiger partial charge in [-0.25, -0.2) is 56.3 Å². The Kier molecular flexibility index (Phi) is 29.1. The van der Waals surface area contributed by atoms with Crippen LogP contribution in [0.15, 0.2) is 164 Å². The lowest BCUT2D eigenvalue weighted by atomic mass is 9.86. The number of sulfone groups is 2. The van der Waals surface area contributed by atoms with Crippen molar-refractivity contribution in [1.29, 1.82) is 0 Å². The van der Waals surface area contributed by atoms with Crippen molar-refractivity contribution >= 4 is 66.5 Å². The SMILES string of the molecule is NC(=O)c1cc(-c2ccc[n+]([O-])c2[C@@H](CC(=O)Cn2nc(C(F)(F)F)c3c2CCS(=O)(=O)C3)Cc2cc(F)cc(F)c2)ccc1F.NC(=O)c1cc(-c2cccnc2[C@@H](CC(=O)Cn2nc(C(F)(F)F)c3c2CCS(=O)(=O)C3)Cc2cc(F)cc(F)c2)ccc1F.NC(=O)c1cc(-c2cccnc2[C@@H](CC(=O)Cn2nc(C(F)(F)F)c3c2CCSC3)Cc2cc(F)cc(F)c2)ccc1F. The summed E-state index contributed by atoms with van der Waals surface area (Å²) in [7, 11) is -7.62. The molecule has 0 fully saturated rings. The first kappa shape index (κ1) is 98.1. The van der Waals surface area contributed by atoms with Gasteiger partial charge in [-0.05, 0) is 156 Å². The van der Waals surface area contributed by atoms with Gasteiger partial charge in [0.1, 0.15) is 52.4 Å². The van der Waals surface area contributed by atoms with Crippen molar-refractivity contribution < 1.29 is 129 Å². The minimum atomic E-state index is -5.00. The highest BCUT2D eigenvalue weighted by Crippen LogP contribution is 2.43. The van der Waals surface area contributed by atoms with Gasteiger partial charge in [0.25, 0.3) is 17.7 Å². The second-order valence-corrected chi connectivity index (χ2v) is 37.2. The number of halogens is 18. The Morgan fingerprint density at radius 3 is 1.09 bits per heavy atom. The molecule has 9 heterocycles. The van der Waals surface area contributed by atoms with E-state index in [-0.39, 0.29) is 112 Å². The number of alkyl halides is 9. The van der Waals surface area contributed by atoms with Crippen LogP contribution in [0.5, 0.6) is 0 Å². The van der Waals surface area contributed by atoms with Crippen LogP contribution in [0.4, 0.5) is 79.0 Å². The minimum Gasteiger partial charge on any atom is -0.618 e. The van der Waals surface area contributed by atoms with Crippen molar-refractivity contribution in [3.8, 4) is 33.4 Å². The van der Waals surface area contributed by atoms with Gasteiger partial charge in [-0.2, -0.15) is 71.3 Å². The highest BCUT2D eigenvalue weighted by molar-refractivity contribution is 7.98. The number of rotatable bonds is 27. The lowest BCUT2D eigenvalue weighted by molar-refractivity contribution is -0.615. The van der Waals surface area contributed by atoms with Crippen molar-refractivity contribution in [2.45, 2.75) is 131 Å². The van der Waals surface area contributed by atoms with Crippen LogP contribution in [0.1, 0.15) is 153 Å². The van der Waals surface area contributed by atoms with Gasteiger partial charge in [0.05, 0.1) is 82.2 Å². The third-order valence-corrected chi connectivity index (χ3v) is 26.2. The Labute approximate surface area is 753 Å². The number of ketones is 3. The molecule has 3 amide bonds. The highest BCUT2D eigenvalue weighted by Gasteiger charge is 2.46. The third-order valence-electron chi connectivity index (χ3n) is 22.1. The number of carbonyl (C=O) groups is 6. The van der Waals surface area contributed by atoms with Crippen LogP contribution in [0, 0.1) is 57.6 Å². The number of primary amides is 3. The summed E-state index contributed by atoms with van der Waals surface area (Å²) < 4.78 is 302. The van der Waals surface area contributed by atoms with Crippen molar-refractivity contribution in [2.24, 2.45) is 17.2 Å². The molecule has 15 rings (SSSR count). The van der Waals surface area contributed by atoms with Gasteiger partial charge >= 0.3 is 18.5 Å². The maximum atomic E-state index is 14.3. The topological polar surface area (TPSA) is 355 Å². The van der Waals surface area contributed by atoms with Crippen molar-refractivity contribution in [3.05, 3.63) is 323 Å². The number of carbonyl (C=O) groups excluding carboxylic acids is 6. The Bertz CT molecular complexity index is 6820. The third kappa shape index (κ3) is 23.4. The lowest BCUT2D eigenvalue weighted by Gasteiger charge is -2.20. The first-order valence-electron chi connectivity index (χ1n) is 40.3. The molecular weight excluding hydrogens is 1860 g/mol. The molecule has 6 aromatic heterocycles. The minimum absolute atomic E-state index is 0.0157. The first-order valence-corrected chi connectivity index (χ1v) is 45.1. The normalized spacial score (nSPS) is 14.6. The van der Waals surface area contributed by atoms with Crippen LogP contribution >= 0.6 is 11.8 Å². The van der Waals surface area contributed by atoms with Crippen molar-refractivity contribution in [1.82, 2.24) is 39.3 Å². The van der Waals surface area contributed by atoms with Gasteiger partial charge in [0.2, 0.25) is 5.69 Å². The average Bonchev–Trinajstić information content (AvgIpc) is 1.60. The van der Waals surface area contributed by atoms with E-state index < -0.39 is 232 Å². The Morgan fingerprint density at radius 1 is 0.418 bits per heavy atom. The van der Waals surface area contributed by atoms with Gasteiger partial charge in [-0.3, -0.25) is 52.8 Å². The van der Waals surface area contributed by atoms with E-state index in [0.717, 1.165) is 80.9 Å². The van der Waals surface area contributed by atoms with E-state index in [0.29, 0.717) is 68.7 Å². The average molecular weight is 1940 g/mol. The van der Waals surface area contributed by atoms with Gasteiger partial charge in [0, 0.05) is 131 Å². The summed E-state index contributed by atoms with van der Waals surface area (Å²) in [5.74, 6) is -17.6. The van der Waals surface area contributed by atoms with E-state index in [1.165, 1.54) is 72.7 Å². The summed E-state index contributed by atoms with van der Waals surface area (Å²) in [6, 6.07) is 28.0. The molecular formula is C90H72F18N12O11S3. The molecule has 702 valence electrons. The molecule has 0 aliphatic carbocycles. The van der Waals surface area contributed by atoms with E-state index in [1.54, 1.807) is 18.2 Å². The zero-order chi connectivity index (χ0) is 97.1. The molecule has 0 radical (unpaired) electrons. The Hall–Kier alpha value is -13.4. The monoisotopic (exact) mass is 1930 g/mol. The maximum Gasteiger partial charge on any atom is 0.435 e. The first-order chi connectivity index (χ1) is 63.0. The van der Waals surface area contributed by atoms with Crippen LogP contribution in [0.2, 0.25) is 0 Å². The molecule has 12 aromatic rings. The van der Waals surface area contributed by atoms with E-state index in [9.17, 15) is 130 Å². The Morgan fingerprint density at radius 2 is 0.739 bits per heavy atom. The fourth-order valence-electron chi connectivity index (χ4n) is 16.5. The highest BCUT2D eigenvalue weighted by atomic mass is 32.2. The molecule has 6 aromatic carbocycles. The molecule has 0 bridgehead atoms. The fourth-order valence-corrected chi connectivity index (χ4v) is 20.3. The van der Waals surface area contributed by atoms with E-state index in [1.807, 2.05) is 0 Å². The summed E-state index contributed by atoms with van der Waals surface area (Å²) in [4.78, 5) is 84.7. The molecule has 0 spiro atoms. The molecule has 0 saturated heterocycles. The summed E-state index contributed by atoms with van der Waals surface area (Å²) in [5, 5.41) is 24.1. The van der Waals surface area contributed by atoms with Crippen LogP contribution in [-0.2, 0) is 128 Å². The van der Waals surface area contributed by atoms with E-state index >= 15 is 0 Å². The molecule has 23 nitrogen and oxygen atoms in total. The van der Waals surface area contributed by atoms with Gasteiger partial charge in [-0.15, -0.1) is 0 Å². The van der Waals surface area contributed by atoms with Gasteiger partial charge in [0.15, 0.2) is 60.3 Å². The number of thioether (sulfide) groups is 1. The number of Topliss-reactive ketones (excluding diaryl/α,β-unsaturated/α-hetero) is 3. The zero-order valence-corrected chi connectivity index (χ0v) is 71.8. The second kappa shape index (κ2) is 39.8. The number of nitrogens with zero attached hydrogens (tertiary/aromatic N) is 9. The van der Waals surface area contributed by atoms with Crippen LogP contribution in [0.3, 0.4) is 0 Å². The van der Waals surface area contributed by atoms with Crippen molar-refractivity contribution in [2.75, 3.05) is 17.3 Å². The Balaban J connectivity index is 0.000000171. The van der Waals surface area contributed by atoms with Crippen LogP contribution in [0.25, 0.3) is 33.4 Å². The molecule has 3 aliphatic heterocycles. The number of hydrogen-bond acceptors (Lipinski definition) is 17. The number of pyridine rings is 3. The largest absolute Gasteiger partial charge is 0.618 e. The zero-order valence-electron chi connectivity index (χ0n) is 69.3. The number of nitrogens with two attached hydrogens (primary N) is 3. The summed E-state index contributed by atoms with van der Waals surface area (Å²) in [5.41, 5.74) is 12.6. The second-order valence-electron chi connectivity index (χ2n) is 31.7. The summed E-state index contributed by atoms with van der Waals surface area (Å²) in [6.45, 7) is -1.81. The maximum absolute atomic E-state index is 14.3. The predicted molar refractivity (Wildman–Crippen MR) is 447 cm³/mol. The van der Waals surface area contributed by atoms with Gasteiger partial charge < -0.3 is 22.4 Å². The number of fused-ring (bicyclic) bond motifs is 3. The van der Waals surface area contributed by atoms with E-state index in [2.05, 4.69) is 25.3 Å². The molecule has 3 atom stereocenters. The standard InChI is InChI=1S/C30H24F6N4O5S.C30H24F6N4O4S.C30H24F6N4O2S/c31-19-9-16(10-20(32)13-19)8-18(27-22(2-1-6-40(27)43)17-3-4-25(33)23(12-17)29(37)42)11-21(41)14-39-26-5-7-46(44,45)15-24(26)28(38-39)30(34,35)36;31-19-9-16(10-20(32)13-19)8-18(27-22(2-1-6-38-27)17-3-4-25(33)23(12-17)29(37)42)11-21(41)14-40-26-5-7-45(43,44)15-24(26)28(39-40)30(34,35)36;31-19-9-16(10-20(32)13-19)8-18(27-22(2-1-6-38-27)17-3-4-25(33)23(12-17)29(37)42)11-21(41)14-40-26-5-7-43-15-24(26)28(39-40)30(34,35)36/h1-4,6,9-10,12-13,18H,5,7-8,11,14-15H2,(H2,37,42);1-4,6,9-10,12-13,18H,5,7-8,11,14-15H2,(H2,37,42);1-4,6,9-10,12-13,18H,5,7-8,11,14-15H2,(H2,37,42)/t3*18-/m111/s1. The van der Waals surface area contributed by atoms with Crippen LogP contribution in [-0.4, -0.2) is 108 Å². The summed E-state index contributed by atoms with van der Waals surface area (Å²) in [6.07, 6.45) is -12.7. The molecule has 6 N–H and O–H groups in total. The fraction of sp³-hybridized carbons (Fsp3) is 0.267. The number of aromatic nitrogens is 9. The van der Waals surface area contributed by atoms with Gasteiger partial charge in [-0.1, -0.05) is 30.3 Å². The summed E-state index contributed by atoms with van der Waals surface area (Å²) >= 11 is 1.35. The number of benzene rings is 6. The van der Waals surface area contributed by atoms with E-state index in [4.69, 9.17) is 17.2 Å². The number of hydrogen-bond donors (Lipinski definition) is 3. The molecule has 134 heavy (non-hydrogen) atoms. The number of amides is 3. The quantitative estimate of drug-likeness (QED) is 0.0244. The van der Waals surface area contributed by atoms with Crippen LogP contribution < -0.4 is 21.9 Å².